The fraction of sp³-hybridized carbons (Fsp3) is 0.385. The zero-order chi connectivity index (χ0) is 12.6. The van der Waals surface area contributed by atoms with Gasteiger partial charge >= 0.3 is 0 Å². The molecule has 5 nitrogen and oxygen atoms in total. The van der Waals surface area contributed by atoms with Crippen LogP contribution < -0.4 is 5.32 Å². The normalized spacial score (nSPS) is 10.7. The minimum Gasteiger partial charge on any atom is -0.383 e. The zero-order valence-electron chi connectivity index (χ0n) is 10.5. The van der Waals surface area contributed by atoms with E-state index in [1.807, 2.05) is 24.4 Å². The Hall–Kier alpha value is -1.72. The molecule has 0 aliphatic heterocycles. The van der Waals surface area contributed by atoms with E-state index in [2.05, 4.69) is 20.3 Å². The molecule has 0 atom stereocenters. The summed E-state index contributed by atoms with van der Waals surface area (Å²) in [6.07, 6.45) is 4.39. The average Bonchev–Trinajstić information content (AvgIpc) is 2.84. The van der Waals surface area contributed by atoms with Crippen LogP contribution in [0.5, 0.6) is 0 Å². The Labute approximate surface area is 107 Å². The van der Waals surface area contributed by atoms with Crippen LogP contribution >= 0.6 is 0 Å². The molecule has 0 fully saturated rings. The molecular formula is C13H18N4O. The molecule has 0 amide bonds. The zero-order valence-corrected chi connectivity index (χ0v) is 10.5. The van der Waals surface area contributed by atoms with E-state index >= 15 is 0 Å². The van der Waals surface area contributed by atoms with Gasteiger partial charge in [0.05, 0.1) is 6.61 Å². The monoisotopic (exact) mass is 246 g/mol. The maximum atomic E-state index is 4.97. The van der Waals surface area contributed by atoms with Gasteiger partial charge in [-0.2, -0.15) is 0 Å². The van der Waals surface area contributed by atoms with Gasteiger partial charge in [0.1, 0.15) is 5.82 Å². The van der Waals surface area contributed by atoms with Crippen LogP contribution in [0.3, 0.4) is 0 Å². The van der Waals surface area contributed by atoms with Crippen LogP contribution in [0, 0.1) is 0 Å². The van der Waals surface area contributed by atoms with Crippen molar-refractivity contribution in [2.24, 2.45) is 0 Å². The van der Waals surface area contributed by atoms with E-state index in [4.69, 9.17) is 4.74 Å². The first-order valence-electron chi connectivity index (χ1n) is 6.01. The molecule has 96 valence electrons. The Balaban J connectivity index is 1.83. The van der Waals surface area contributed by atoms with Crippen molar-refractivity contribution in [3.05, 3.63) is 47.8 Å². The second kappa shape index (κ2) is 6.88. The van der Waals surface area contributed by atoms with Gasteiger partial charge in [-0.25, -0.2) is 4.98 Å². The van der Waals surface area contributed by atoms with Crippen LogP contribution in [-0.4, -0.2) is 35.2 Å². The summed E-state index contributed by atoms with van der Waals surface area (Å²) in [4.78, 5) is 11.9. The maximum absolute atomic E-state index is 4.97. The Kier molecular flexibility index (Phi) is 4.87. The topological polar surface area (TPSA) is 62.8 Å². The molecule has 5 heteroatoms. The smallest absolute Gasteiger partial charge is 0.112 e. The molecule has 18 heavy (non-hydrogen) atoms. The summed E-state index contributed by atoms with van der Waals surface area (Å²) in [5.74, 6) is 0.942. The minimum absolute atomic E-state index is 0.717. The van der Waals surface area contributed by atoms with Gasteiger partial charge in [0, 0.05) is 50.4 Å². The van der Waals surface area contributed by atoms with Gasteiger partial charge in [-0.3, -0.25) is 4.98 Å². The summed E-state index contributed by atoms with van der Waals surface area (Å²) in [6, 6.07) is 5.90. The quantitative estimate of drug-likeness (QED) is 0.719. The van der Waals surface area contributed by atoms with Gasteiger partial charge in [0.2, 0.25) is 0 Å². The van der Waals surface area contributed by atoms with Crippen molar-refractivity contribution in [3.63, 3.8) is 0 Å². The predicted molar refractivity (Wildman–Crippen MR) is 69.2 cm³/mol. The summed E-state index contributed by atoms with van der Waals surface area (Å²) in [5.41, 5.74) is 2.10. The van der Waals surface area contributed by atoms with E-state index in [9.17, 15) is 0 Å². The van der Waals surface area contributed by atoms with E-state index in [-0.39, 0.29) is 0 Å². The molecule has 2 rings (SSSR count). The van der Waals surface area contributed by atoms with Crippen LogP contribution in [-0.2, 0) is 17.7 Å². The average molecular weight is 246 g/mol. The lowest BCUT2D eigenvalue weighted by Gasteiger charge is -2.01. The summed E-state index contributed by atoms with van der Waals surface area (Å²) in [7, 11) is 1.70. The predicted octanol–water partition coefficient (Wildman–Crippen LogP) is 1.13. The van der Waals surface area contributed by atoms with Crippen LogP contribution in [0.25, 0.3) is 0 Å². The molecule has 2 N–H and O–H groups in total. The number of H-pyrrole nitrogens is 1. The number of pyridine rings is 1. The van der Waals surface area contributed by atoms with Crippen LogP contribution in [0.15, 0.2) is 30.6 Å². The molecule has 0 aromatic carbocycles. The third-order valence-corrected chi connectivity index (χ3v) is 2.55. The largest absolute Gasteiger partial charge is 0.383 e. The number of aromatic nitrogens is 3. The highest BCUT2D eigenvalue weighted by Crippen LogP contribution is 2.03. The third kappa shape index (κ3) is 3.94. The van der Waals surface area contributed by atoms with Crippen LogP contribution in [0.2, 0.25) is 0 Å². The van der Waals surface area contributed by atoms with Gasteiger partial charge in [-0.15, -0.1) is 0 Å². The fourth-order valence-corrected chi connectivity index (χ4v) is 1.66. The number of hydrogen-bond acceptors (Lipinski definition) is 4. The van der Waals surface area contributed by atoms with Gasteiger partial charge in [-0.1, -0.05) is 6.07 Å². The molecule has 0 spiro atoms. The second-order valence-corrected chi connectivity index (χ2v) is 4.02. The summed E-state index contributed by atoms with van der Waals surface area (Å²) >= 11 is 0. The first-order chi connectivity index (χ1) is 8.88. The molecule has 0 radical (unpaired) electrons. The number of imidazole rings is 1. The van der Waals surface area contributed by atoms with Crippen molar-refractivity contribution >= 4 is 0 Å². The molecule has 0 unspecified atom stereocenters. The van der Waals surface area contributed by atoms with Crippen molar-refractivity contribution < 1.29 is 4.74 Å². The van der Waals surface area contributed by atoms with Crippen LogP contribution in [0.4, 0.5) is 0 Å². The number of ether oxygens (including phenoxy) is 1. The standard InChI is InChI=1S/C13H18N4O/c1-18-7-6-14-9-12-10-16-13(17-12)8-11-4-2-3-5-15-11/h2-5,10,14H,6-9H2,1H3,(H,16,17). The second-order valence-electron chi connectivity index (χ2n) is 4.02. The maximum Gasteiger partial charge on any atom is 0.112 e. The molecule has 2 aromatic rings. The van der Waals surface area contributed by atoms with E-state index in [0.717, 1.165) is 43.3 Å². The van der Waals surface area contributed by atoms with E-state index < -0.39 is 0 Å². The highest BCUT2D eigenvalue weighted by atomic mass is 16.5. The molecule has 0 bridgehead atoms. The lowest BCUT2D eigenvalue weighted by Crippen LogP contribution is -2.18. The molecule has 0 aliphatic carbocycles. The summed E-state index contributed by atoms with van der Waals surface area (Å²) in [5, 5.41) is 3.27. The summed E-state index contributed by atoms with van der Waals surface area (Å²) < 4.78 is 4.97. The van der Waals surface area contributed by atoms with Crippen molar-refractivity contribution in [3.8, 4) is 0 Å². The van der Waals surface area contributed by atoms with E-state index in [1.165, 1.54) is 0 Å². The van der Waals surface area contributed by atoms with Crippen LogP contribution in [0.1, 0.15) is 17.2 Å². The fourth-order valence-electron chi connectivity index (χ4n) is 1.66. The molecule has 0 saturated heterocycles. The van der Waals surface area contributed by atoms with E-state index in [0.29, 0.717) is 0 Å². The third-order valence-electron chi connectivity index (χ3n) is 2.55. The molecule has 2 heterocycles. The number of nitrogens with zero attached hydrogens (tertiary/aromatic N) is 2. The Bertz CT molecular complexity index is 455. The first-order valence-corrected chi connectivity index (χ1v) is 6.01. The van der Waals surface area contributed by atoms with E-state index in [1.54, 1.807) is 13.3 Å². The molecule has 0 aliphatic rings. The van der Waals surface area contributed by atoms with Crippen molar-refractivity contribution in [1.82, 2.24) is 20.3 Å². The SMILES string of the molecule is COCCNCc1cnc(Cc2ccccn2)[nH]1. The Morgan fingerprint density at radius 3 is 3.06 bits per heavy atom. The van der Waals surface area contributed by atoms with Gasteiger partial charge in [-0.05, 0) is 12.1 Å². The number of nitrogens with one attached hydrogen (secondary N) is 2. The Morgan fingerprint density at radius 1 is 1.33 bits per heavy atom. The minimum atomic E-state index is 0.717. The van der Waals surface area contributed by atoms with Gasteiger partial charge < -0.3 is 15.0 Å². The lowest BCUT2D eigenvalue weighted by atomic mass is 10.2. The molecule has 0 saturated carbocycles. The highest BCUT2D eigenvalue weighted by Gasteiger charge is 2.02. The molecular weight excluding hydrogens is 228 g/mol. The Morgan fingerprint density at radius 2 is 2.28 bits per heavy atom. The first kappa shape index (κ1) is 12.7. The number of hydrogen-bond donors (Lipinski definition) is 2. The number of rotatable bonds is 7. The van der Waals surface area contributed by atoms with Gasteiger partial charge in [0.15, 0.2) is 0 Å². The number of aromatic amines is 1. The highest BCUT2D eigenvalue weighted by molar-refractivity contribution is 5.11. The van der Waals surface area contributed by atoms with Gasteiger partial charge in [0.25, 0.3) is 0 Å². The lowest BCUT2D eigenvalue weighted by molar-refractivity contribution is 0.199. The molecule has 2 aromatic heterocycles. The number of methoxy groups -OCH3 is 1. The summed E-state index contributed by atoms with van der Waals surface area (Å²) in [6.45, 7) is 2.33. The van der Waals surface area contributed by atoms with Crippen molar-refractivity contribution in [2.75, 3.05) is 20.3 Å². The van der Waals surface area contributed by atoms with Crippen molar-refractivity contribution in [1.29, 1.82) is 0 Å². The van der Waals surface area contributed by atoms with Crippen molar-refractivity contribution in [2.45, 2.75) is 13.0 Å².